The van der Waals surface area contributed by atoms with Crippen LogP contribution < -0.4 is 10.4 Å². The second-order valence-corrected chi connectivity index (χ2v) is 3.33. The second kappa shape index (κ2) is 4.12. The van der Waals surface area contributed by atoms with Gasteiger partial charge in [-0.05, 0) is 0 Å². The molecular weight excluding hydrogens is 209 g/mol. The maximum Gasteiger partial charge on any atom is 0.493 e. The predicted octanol–water partition coefficient (Wildman–Crippen LogP) is -0.380. The van der Waals surface area contributed by atoms with E-state index in [4.69, 9.17) is 21.6 Å². The number of rotatable bonds is 2. The molecule has 0 bridgehead atoms. The van der Waals surface area contributed by atoms with E-state index in [2.05, 4.69) is 4.98 Å². The lowest BCUT2D eigenvalue weighted by molar-refractivity contribution is 0.423. The average molecular weight is 218 g/mol. The van der Waals surface area contributed by atoms with Crippen molar-refractivity contribution >= 4 is 30.0 Å². The van der Waals surface area contributed by atoms with E-state index >= 15 is 0 Å². The first-order chi connectivity index (χ1) is 6.45. The highest BCUT2D eigenvalue weighted by Gasteiger charge is 2.24. The smallest absolute Gasteiger partial charge is 0.423 e. The van der Waals surface area contributed by atoms with Gasteiger partial charge in [0.2, 0.25) is 0 Å². The van der Waals surface area contributed by atoms with Crippen molar-refractivity contribution in [2.45, 2.75) is 0 Å². The molecule has 0 radical (unpaired) electrons. The summed E-state index contributed by atoms with van der Waals surface area (Å²) in [6.07, 6.45) is 1.18. The van der Waals surface area contributed by atoms with E-state index in [1.807, 2.05) is 0 Å². The summed E-state index contributed by atoms with van der Waals surface area (Å²) in [7, 11) is 1.24. The van der Waals surface area contributed by atoms with Crippen LogP contribution in [0.4, 0.5) is 10.2 Å². The molecule has 1 aromatic heterocycles. The highest BCUT2D eigenvalue weighted by molar-refractivity contribution is 6.62. The Hall–Kier alpha value is -0.845. The molecule has 0 aliphatic rings. The summed E-state index contributed by atoms with van der Waals surface area (Å²) in [5.74, 6) is -0.810. The zero-order chi connectivity index (χ0) is 10.9. The van der Waals surface area contributed by atoms with Crippen LogP contribution in [0.3, 0.4) is 0 Å². The van der Waals surface area contributed by atoms with E-state index in [1.54, 1.807) is 14.1 Å². The van der Waals surface area contributed by atoms with Crippen molar-refractivity contribution in [1.82, 2.24) is 4.98 Å². The maximum atomic E-state index is 13.5. The molecule has 0 aromatic carbocycles. The van der Waals surface area contributed by atoms with Gasteiger partial charge < -0.3 is 14.9 Å². The standard InChI is InChI=1S/C7H9BClFN2O2/c1-12(2)7-6(10)5(8(13)14)4(9)3-11-7/h3,13-14H,1-2H3. The quantitative estimate of drug-likeness (QED) is 0.665. The first-order valence-corrected chi connectivity index (χ1v) is 4.20. The van der Waals surface area contributed by atoms with E-state index < -0.39 is 12.9 Å². The first-order valence-electron chi connectivity index (χ1n) is 3.82. The van der Waals surface area contributed by atoms with Crippen LogP contribution in [0.1, 0.15) is 0 Å². The van der Waals surface area contributed by atoms with Crippen LogP contribution >= 0.6 is 11.6 Å². The maximum absolute atomic E-state index is 13.5. The number of nitrogens with zero attached hydrogens (tertiary/aromatic N) is 2. The molecule has 0 unspecified atom stereocenters. The summed E-state index contributed by atoms with van der Waals surface area (Å²) in [6.45, 7) is 0. The predicted molar refractivity (Wildman–Crippen MR) is 53.4 cm³/mol. The average Bonchev–Trinajstić information content (AvgIpc) is 2.02. The Morgan fingerprint density at radius 2 is 2.07 bits per heavy atom. The molecule has 0 aliphatic carbocycles. The van der Waals surface area contributed by atoms with Gasteiger partial charge in [-0.1, -0.05) is 11.6 Å². The Morgan fingerprint density at radius 3 is 2.50 bits per heavy atom. The molecule has 1 heterocycles. The molecule has 7 heteroatoms. The van der Waals surface area contributed by atoms with Crippen molar-refractivity contribution in [2.24, 2.45) is 0 Å². The number of anilines is 1. The molecule has 4 nitrogen and oxygen atoms in total. The summed E-state index contributed by atoms with van der Waals surface area (Å²) < 4.78 is 13.5. The topological polar surface area (TPSA) is 56.6 Å². The molecule has 0 amide bonds. The van der Waals surface area contributed by atoms with Crippen LogP contribution in [0.25, 0.3) is 0 Å². The normalized spacial score (nSPS) is 10.1. The van der Waals surface area contributed by atoms with E-state index in [0.717, 1.165) is 0 Å². The molecule has 2 N–H and O–H groups in total. The summed E-state index contributed by atoms with van der Waals surface area (Å²) in [5.41, 5.74) is -0.356. The van der Waals surface area contributed by atoms with Gasteiger partial charge in [0, 0.05) is 25.8 Å². The fourth-order valence-electron chi connectivity index (χ4n) is 1.02. The molecule has 0 atom stereocenters. The highest BCUT2D eigenvalue weighted by Crippen LogP contribution is 2.15. The van der Waals surface area contributed by atoms with Crippen LogP contribution in [0, 0.1) is 5.82 Å². The molecule has 0 fully saturated rings. The summed E-state index contributed by atoms with van der Waals surface area (Å²) in [4.78, 5) is 5.13. The van der Waals surface area contributed by atoms with E-state index in [9.17, 15) is 4.39 Å². The van der Waals surface area contributed by atoms with Crippen molar-refractivity contribution in [2.75, 3.05) is 19.0 Å². The molecule has 14 heavy (non-hydrogen) atoms. The Bertz CT molecular complexity index is 349. The summed E-state index contributed by atoms with van der Waals surface area (Å²) >= 11 is 5.56. The molecule has 0 aliphatic heterocycles. The van der Waals surface area contributed by atoms with Gasteiger partial charge in [-0.15, -0.1) is 0 Å². The van der Waals surface area contributed by atoms with Crippen LogP contribution in [0.2, 0.25) is 5.02 Å². The SMILES string of the molecule is CN(C)c1ncc(Cl)c(B(O)O)c1F. The summed E-state index contributed by atoms with van der Waals surface area (Å²) in [6, 6.07) is 0. The monoisotopic (exact) mass is 218 g/mol. The minimum atomic E-state index is -1.94. The van der Waals surface area contributed by atoms with E-state index in [0.29, 0.717) is 0 Å². The minimum absolute atomic E-state index is 0.0116. The van der Waals surface area contributed by atoms with Gasteiger partial charge in [-0.25, -0.2) is 9.37 Å². The number of pyridine rings is 1. The summed E-state index contributed by atoms with van der Waals surface area (Å²) in [5, 5.41) is 17.6. The lowest BCUT2D eigenvalue weighted by atomic mass is 9.80. The first kappa shape index (κ1) is 11.2. The van der Waals surface area contributed by atoms with Gasteiger partial charge in [-0.3, -0.25) is 0 Å². The number of halogens is 2. The number of hydrogen-bond donors (Lipinski definition) is 2. The minimum Gasteiger partial charge on any atom is -0.423 e. The van der Waals surface area contributed by atoms with Gasteiger partial charge in [0.25, 0.3) is 0 Å². The van der Waals surface area contributed by atoms with Crippen molar-refractivity contribution in [1.29, 1.82) is 0 Å². The zero-order valence-electron chi connectivity index (χ0n) is 7.70. The molecule has 0 saturated carbocycles. The Labute approximate surface area is 86.1 Å². The lowest BCUT2D eigenvalue weighted by Crippen LogP contribution is -2.35. The van der Waals surface area contributed by atoms with Crippen molar-refractivity contribution in [3.8, 4) is 0 Å². The van der Waals surface area contributed by atoms with Gasteiger partial charge in [0.15, 0.2) is 11.6 Å². The van der Waals surface area contributed by atoms with Gasteiger partial charge in [0.05, 0.1) is 5.02 Å². The van der Waals surface area contributed by atoms with Crippen LogP contribution in [-0.2, 0) is 0 Å². The molecule has 76 valence electrons. The number of aromatic nitrogens is 1. The van der Waals surface area contributed by atoms with Crippen molar-refractivity contribution < 1.29 is 14.4 Å². The van der Waals surface area contributed by atoms with Crippen LogP contribution in [-0.4, -0.2) is 36.2 Å². The third-order valence-electron chi connectivity index (χ3n) is 1.67. The third kappa shape index (κ3) is 1.97. The van der Waals surface area contributed by atoms with E-state index in [-0.39, 0.29) is 16.3 Å². The number of hydrogen-bond acceptors (Lipinski definition) is 4. The highest BCUT2D eigenvalue weighted by atomic mass is 35.5. The van der Waals surface area contributed by atoms with Crippen LogP contribution in [0.5, 0.6) is 0 Å². The Kier molecular flexibility index (Phi) is 3.31. The Morgan fingerprint density at radius 1 is 1.50 bits per heavy atom. The van der Waals surface area contributed by atoms with Gasteiger partial charge in [0.1, 0.15) is 0 Å². The molecule has 0 saturated heterocycles. The van der Waals surface area contributed by atoms with Crippen molar-refractivity contribution in [3.05, 3.63) is 17.0 Å². The van der Waals surface area contributed by atoms with Crippen molar-refractivity contribution in [3.63, 3.8) is 0 Å². The molecular formula is C7H9BClFN2O2. The van der Waals surface area contributed by atoms with Gasteiger partial charge >= 0.3 is 7.12 Å². The Balaban J connectivity index is 3.34. The molecule has 1 aromatic rings. The molecule has 1 rings (SSSR count). The third-order valence-corrected chi connectivity index (χ3v) is 1.97. The van der Waals surface area contributed by atoms with Gasteiger partial charge in [-0.2, -0.15) is 0 Å². The van der Waals surface area contributed by atoms with E-state index in [1.165, 1.54) is 11.1 Å². The lowest BCUT2D eigenvalue weighted by Gasteiger charge is -2.14. The largest absolute Gasteiger partial charge is 0.493 e. The fourth-order valence-corrected chi connectivity index (χ4v) is 1.25. The zero-order valence-corrected chi connectivity index (χ0v) is 8.46. The molecule has 0 spiro atoms. The van der Waals surface area contributed by atoms with Crippen LogP contribution in [0.15, 0.2) is 6.20 Å². The fraction of sp³-hybridized carbons (Fsp3) is 0.286. The second-order valence-electron chi connectivity index (χ2n) is 2.93.